The fourth-order valence-electron chi connectivity index (χ4n) is 2.96. The topological polar surface area (TPSA) is 75.3 Å². The maximum Gasteiger partial charge on any atom is 0.250 e. The van der Waals surface area contributed by atoms with E-state index in [0.717, 1.165) is 36.4 Å². The van der Waals surface area contributed by atoms with E-state index in [2.05, 4.69) is 17.0 Å². The van der Waals surface area contributed by atoms with Crippen LogP contribution in [0.5, 0.6) is 0 Å². The SMILES string of the molecule is CSCCC(NS(=O)(=O)c1cccs1)C(=O)NC1CCCCC1C. The molecular formula is C16H26N2O3S3. The van der Waals surface area contributed by atoms with Crippen LogP contribution in [0.1, 0.15) is 39.0 Å². The first-order valence-corrected chi connectivity index (χ1v) is 12.0. The maximum atomic E-state index is 12.7. The molecule has 0 bridgehead atoms. The van der Waals surface area contributed by atoms with Crippen LogP contribution in [0.25, 0.3) is 0 Å². The molecule has 1 fully saturated rings. The zero-order valence-electron chi connectivity index (χ0n) is 14.2. The molecular weight excluding hydrogens is 364 g/mol. The minimum Gasteiger partial charge on any atom is -0.352 e. The zero-order valence-corrected chi connectivity index (χ0v) is 16.6. The molecule has 1 aromatic heterocycles. The van der Waals surface area contributed by atoms with E-state index in [0.29, 0.717) is 12.3 Å². The van der Waals surface area contributed by atoms with Crippen molar-refractivity contribution in [1.82, 2.24) is 10.0 Å². The molecule has 0 saturated heterocycles. The van der Waals surface area contributed by atoms with Crippen LogP contribution < -0.4 is 10.0 Å². The third-order valence-electron chi connectivity index (χ3n) is 4.42. The monoisotopic (exact) mass is 390 g/mol. The lowest BCUT2D eigenvalue weighted by Crippen LogP contribution is -2.51. The van der Waals surface area contributed by atoms with E-state index < -0.39 is 16.1 Å². The molecule has 3 unspecified atom stereocenters. The number of thioether (sulfide) groups is 1. The number of carbonyl (C=O) groups is 1. The van der Waals surface area contributed by atoms with Gasteiger partial charge in [-0.1, -0.05) is 25.8 Å². The second-order valence-electron chi connectivity index (χ2n) is 6.26. The third kappa shape index (κ3) is 5.47. The fourth-order valence-corrected chi connectivity index (χ4v) is 5.67. The molecule has 2 N–H and O–H groups in total. The molecule has 8 heteroatoms. The van der Waals surface area contributed by atoms with Gasteiger partial charge in [0.1, 0.15) is 10.3 Å². The van der Waals surface area contributed by atoms with Crippen molar-refractivity contribution < 1.29 is 13.2 Å². The summed E-state index contributed by atoms with van der Waals surface area (Å²) < 4.78 is 27.7. The normalized spacial score (nSPS) is 22.9. The van der Waals surface area contributed by atoms with E-state index in [1.165, 1.54) is 6.42 Å². The van der Waals surface area contributed by atoms with Crippen LogP contribution in [0.3, 0.4) is 0 Å². The Morgan fingerprint density at radius 3 is 2.79 bits per heavy atom. The minimum absolute atomic E-state index is 0.147. The first-order chi connectivity index (χ1) is 11.4. The predicted octanol–water partition coefficient (Wildman–Crippen LogP) is 2.84. The van der Waals surface area contributed by atoms with Crippen molar-refractivity contribution in [2.75, 3.05) is 12.0 Å². The Bertz CT molecular complexity index is 617. The lowest BCUT2D eigenvalue weighted by molar-refractivity contribution is -0.124. The Kier molecular flexibility index (Phi) is 7.59. The first kappa shape index (κ1) is 19.8. The molecule has 1 aliphatic rings. The van der Waals surface area contributed by atoms with Gasteiger partial charge in [0.2, 0.25) is 5.91 Å². The summed E-state index contributed by atoms with van der Waals surface area (Å²) in [5.41, 5.74) is 0. The summed E-state index contributed by atoms with van der Waals surface area (Å²) in [6, 6.07) is 2.67. The van der Waals surface area contributed by atoms with Crippen LogP contribution in [-0.2, 0) is 14.8 Å². The Morgan fingerprint density at radius 1 is 1.42 bits per heavy atom. The Labute approximate surface area is 153 Å². The summed E-state index contributed by atoms with van der Waals surface area (Å²) in [4.78, 5) is 12.7. The van der Waals surface area contributed by atoms with Gasteiger partial charge in [-0.3, -0.25) is 4.79 Å². The molecule has 1 aliphatic carbocycles. The van der Waals surface area contributed by atoms with Gasteiger partial charge < -0.3 is 5.32 Å². The van der Waals surface area contributed by atoms with Crippen LogP contribution in [0.4, 0.5) is 0 Å². The number of carbonyl (C=O) groups excluding carboxylic acids is 1. The summed E-state index contributed by atoms with van der Waals surface area (Å²) >= 11 is 2.76. The Hall–Kier alpha value is -0.570. The second kappa shape index (κ2) is 9.22. The van der Waals surface area contributed by atoms with Gasteiger partial charge in [-0.2, -0.15) is 16.5 Å². The summed E-state index contributed by atoms with van der Waals surface area (Å²) in [5.74, 6) is 0.964. The van der Waals surface area contributed by atoms with Gasteiger partial charge in [0.15, 0.2) is 0 Å². The number of amides is 1. The Balaban J connectivity index is 2.05. The van der Waals surface area contributed by atoms with Crippen molar-refractivity contribution in [3.8, 4) is 0 Å². The highest BCUT2D eigenvalue weighted by Crippen LogP contribution is 2.24. The van der Waals surface area contributed by atoms with Crippen molar-refractivity contribution in [2.45, 2.75) is 55.3 Å². The molecule has 1 heterocycles. The summed E-state index contributed by atoms with van der Waals surface area (Å²) in [5, 5.41) is 4.79. The molecule has 0 spiro atoms. The molecule has 2 rings (SSSR count). The zero-order chi connectivity index (χ0) is 17.6. The van der Waals surface area contributed by atoms with Crippen LogP contribution >= 0.6 is 23.1 Å². The highest BCUT2D eigenvalue weighted by atomic mass is 32.2. The standard InChI is InChI=1S/C16H26N2O3S3/c1-12-6-3-4-7-13(12)17-16(19)14(9-11-22-2)18-24(20,21)15-8-5-10-23-15/h5,8,10,12-14,18H,3-4,6-7,9,11H2,1-2H3,(H,17,19). The van der Waals surface area contributed by atoms with Crippen LogP contribution in [0, 0.1) is 5.92 Å². The van der Waals surface area contributed by atoms with Crippen molar-refractivity contribution in [3.05, 3.63) is 17.5 Å². The average molecular weight is 391 g/mol. The fraction of sp³-hybridized carbons (Fsp3) is 0.688. The average Bonchev–Trinajstić information content (AvgIpc) is 3.09. The van der Waals surface area contributed by atoms with Gasteiger partial charge in [-0.05, 0) is 48.6 Å². The van der Waals surface area contributed by atoms with E-state index in [1.807, 2.05) is 6.26 Å². The van der Waals surface area contributed by atoms with Crippen molar-refractivity contribution >= 4 is 39.0 Å². The number of sulfonamides is 1. The molecule has 0 radical (unpaired) electrons. The smallest absolute Gasteiger partial charge is 0.250 e. The van der Waals surface area contributed by atoms with Crippen molar-refractivity contribution in [3.63, 3.8) is 0 Å². The summed E-state index contributed by atoms with van der Waals surface area (Å²) in [7, 11) is -3.65. The van der Waals surface area contributed by atoms with Gasteiger partial charge in [0.25, 0.3) is 10.0 Å². The van der Waals surface area contributed by atoms with Gasteiger partial charge in [-0.25, -0.2) is 8.42 Å². The van der Waals surface area contributed by atoms with Gasteiger partial charge in [0, 0.05) is 6.04 Å². The van der Waals surface area contributed by atoms with Gasteiger partial charge in [0.05, 0.1) is 0 Å². The minimum atomic E-state index is -3.65. The molecule has 136 valence electrons. The van der Waals surface area contributed by atoms with E-state index >= 15 is 0 Å². The summed E-state index contributed by atoms with van der Waals surface area (Å²) in [6.07, 6.45) is 6.84. The molecule has 1 aromatic rings. The number of rotatable bonds is 8. The molecule has 3 atom stereocenters. The lowest BCUT2D eigenvalue weighted by Gasteiger charge is -2.31. The number of thiophene rings is 1. The van der Waals surface area contributed by atoms with E-state index in [4.69, 9.17) is 0 Å². The van der Waals surface area contributed by atoms with E-state index in [9.17, 15) is 13.2 Å². The number of hydrogen-bond donors (Lipinski definition) is 2. The highest BCUT2D eigenvalue weighted by molar-refractivity contribution is 7.98. The predicted molar refractivity (Wildman–Crippen MR) is 101 cm³/mol. The third-order valence-corrected chi connectivity index (χ3v) is 7.94. The first-order valence-electron chi connectivity index (χ1n) is 8.29. The molecule has 5 nitrogen and oxygen atoms in total. The molecule has 24 heavy (non-hydrogen) atoms. The molecule has 1 saturated carbocycles. The van der Waals surface area contributed by atoms with Crippen LogP contribution in [-0.4, -0.2) is 38.4 Å². The number of hydrogen-bond acceptors (Lipinski definition) is 5. The van der Waals surface area contributed by atoms with Crippen LogP contribution in [0.15, 0.2) is 21.7 Å². The second-order valence-corrected chi connectivity index (χ2v) is 10.1. The largest absolute Gasteiger partial charge is 0.352 e. The Morgan fingerprint density at radius 2 is 2.17 bits per heavy atom. The highest BCUT2D eigenvalue weighted by Gasteiger charge is 2.29. The quantitative estimate of drug-likeness (QED) is 0.716. The van der Waals surface area contributed by atoms with E-state index in [-0.39, 0.29) is 16.2 Å². The molecule has 1 amide bonds. The van der Waals surface area contributed by atoms with Crippen molar-refractivity contribution in [2.24, 2.45) is 5.92 Å². The summed E-state index contributed by atoms with van der Waals surface area (Å²) in [6.45, 7) is 2.15. The van der Waals surface area contributed by atoms with E-state index in [1.54, 1.807) is 29.3 Å². The molecule has 0 aliphatic heterocycles. The lowest BCUT2D eigenvalue weighted by atomic mass is 9.86. The van der Waals surface area contributed by atoms with Gasteiger partial charge >= 0.3 is 0 Å². The molecule has 0 aromatic carbocycles. The number of nitrogens with one attached hydrogen (secondary N) is 2. The maximum absolute atomic E-state index is 12.7. The van der Waals surface area contributed by atoms with Gasteiger partial charge in [-0.15, -0.1) is 11.3 Å². The van der Waals surface area contributed by atoms with Crippen molar-refractivity contribution in [1.29, 1.82) is 0 Å². The van der Waals surface area contributed by atoms with Crippen LogP contribution in [0.2, 0.25) is 0 Å².